The van der Waals surface area contributed by atoms with Crippen molar-refractivity contribution in [3.63, 3.8) is 0 Å². The maximum Gasteiger partial charge on any atom is 0.211 e. The second-order valence-electron chi connectivity index (χ2n) is 3.83. The lowest BCUT2D eigenvalue weighted by atomic mass is 10.3. The Morgan fingerprint density at radius 1 is 1.53 bits per heavy atom. The Morgan fingerprint density at radius 2 is 2.27 bits per heavy atom. The predicted molar refractivity (Wildman–Crippen MR) is 58.6 cm³/mol. The van der Waals surface area contributed by atoms with Gasteiger partial charge in [0.05, 0.1) is 6.21 Å². The Bertz CT molecular complexity index is 403. The molecular weight excluding hydrogens is 192 g/mol. The number of nitrogens with two attached hydrogens (primary N) is 2. The Balaban J connectivity index is 2.01. The molecule has 0 saturated heterocycles. The van der Waals surface area contributed by atoms with Crippen molar-refractivity contribution in [2.24, 2.45) is 27.6 Å². The third-order valence-electron chi connectivity index (χ3n) is 2.48. The minimum absolute atomic E-state index is 0.0613. The van der Waals surface area contributed by atoms with Crippen molar-refractivity contribution >= 4 is 12.2 Å². The molecule has 1 fully saturated rings. The van der Waals surface area contributed by atoms with Gasteiger partial charge in [-0.2, -0.15) is 5.10 Å². The summed E-state index contributed by atoms with van der Waals surface area (Å²) >= 11 is 0. The molecule has 5 heteroatoms. The van der Waals surface area contributed by atoms with E-state index >= 15 is 0 Å². The molecule has 2 rings (SSSR count). The molecule has 15 heavy (non-hydrogen) atoms. The van der Waals surface area contributed by atoms with Crippen molar-refractivity contribution in [2.75, 3.05) is 0 Å². The molecule has 4 N–H and O–H groups in total. The van der Waals surface area contributed by atoms with Crippen molar-refractivity contribution < 1.29 is 4.42 Å². The van der Waals surface area contributed by atoms with Gasteiger partial charge < -0.3 is 15.9 Å². The van der Waals surface area contributed by atoms with Gasteiger partial charge >= 0.3 is 0 Å². The molecule has 0 unspecified atom stereocenters. The lowest BCUT2D eigenvalue weighted by Gasteiger charge is -1.89. The summed E-state index contributed by atoms with van der Waals surface area (Å²) in [5.74, 6) is 2.95. The van der Waals surface area contributed by atoms with Crippen LogP contribution in [0.15, 0.2) is 26.8 Å². The fourth-order valence-corrected chi connectivity index (χ4v) is 1.51. The molecule has 2 atom stereocenters. The molecule has 0 spiro atoms. The minimum Gasteiger partial charge on any atom is -0.460 e. The zero-order chi connectivity index (χ0) is 10.8. The van der Waals surface area contributed by atoms with E-state index in [1.807, 2.05) is 12.1 Å². The fourth-order valence-electron chi connectivity index (χ4n) is 1.51. The van der Waals surface area contributed by atoms with Crippen LogP contribution in [0, 0.1) is 5.92 Å². The van der Waals surface area contributed by atoms with E-state index in [9.17, 15) is 0 Å². The highest BCUT2D eigenvalue weighted by molar-refractivity contribution is 5.79. The van der Waals surface area contributed by atoms with Crippen LogP contribution in [-0.4, -0.2) is 12.2 Å². The third-order valence-corrected chi connectivity index (χ3v) is 2.48. The summed E-state index contributed by atoms with van der Waals surface area (Å²) in [6.45, 7) is 2.21. The third kappa shape index (κ3) is 2.37. The van der Waals surface area contributed by atoms with Crippen LogP contribution in [0.3, 0.4) is 0 Å². The first kappa shape index (κ1) is 9.76. The van der Waals surface area contributed by atoms with Crippen LogP contribution in [0.1, 0.15) is 30.8 Å². The molecular formula is C10H14N4O. The van der Waals surface area contributed by atoms with E-state index in [2.05, 4.69) is 17.1 Å². The number of rotatable bonds is 3. The van der Waals surface area contributed by atoms with Gasteiger partial charge in [0.25, 0.3) is 0 Å². The van der Waals surface area contributed by atoms with Crippen LogP contribution in [0.25, 0.3) is 0 Å². The van der Waals surface area contributed by atoms with Gasteiger partial charge in [-0.05, 0) is 24.5 Å². The van der Waals surface area contributed by atoms with Crippen molar-refractivity contribution in [1.82, 2.24) is 0 Å². The number of nitrogens with zero attached hydrogens (tertiary/aromatic N) is 2. The molecule has 0 bridgehead atoms. The molecule has 80 valence electrons. The van der Waals surface area contributed by atoms with Crippen molar-refractivity contribution in [1.29, 1.82) is 0 Å². The molecule has 1 saturated carbocycles. The predicted octanol–water partition coefficient (Wildman–Crippen LogP) is 1.01. The maximum absolute atomic E-state index is 5.56. The van der Waals surface area contributed by atoms with Crippen molar-refractivity contribution in [3.05, 3.63) is 23.7 Å². The van der Waals surface area contributed by atoms with Gasteiger partial charge in [0.1, 0.15) is 11.5 Å². The van der Waals surface area contributed by atoms with Crippen LogP contribution < -0.4 is 11.5 Å². The van der Waals surface area contributed by atoms with E-state index < -0.39 is 0 Å². The highest BCUT2D eigenvalue weighted by Gasteiger charge is 2.36. The lowest BCUT2D eigenvalue weighted by molar-refractivity contribution is 0.500. The molecule has 5 nitrogen and oxygen atoms in total. The number of hydrogen-bond donors (Lipinski definition) is 2. The molecule has 1 heterocycles. The SMILES string of the molecule is C[C@@H]1C[C@@H]1c1ccc(/C=N\N=C(N)N)o1. The highest BCUT2D eigenvalue weighted by Crippen LogP contribution is 2.47. The smallest absolute Gasteiger partial charge is 0.211 e. The second-order valence-corrected chi connectivity index (χ2v) is 3.83. The maximum atomic E-state index is 5.56. The van der Waals surface area contributed by atoms with Crippen LogP contribution in [-0.2, 0) is 0 Å². The number of guanidine groups is 1. The summed E-state index contributed by atoms with van der Waals surface area (Å²) in [5, 5.41) is 7.16. The second kappa shape index (κ2) is 3.76. The van der Waals surface area contributed by atoms with Gasteiger partial charge in [0, 0.05) is 5.92 Å². The van der Waals surface area contributed by atoms with Crippen LogP contribution in [0.5, 0.6) is 0 Å². The average Bonchev–Trinajstić information content (AvgIpc) is 2.73. The molecule has 0 aliphatic heterocycles. The molecule has 0 aromatic carbocycles. The van der Waals surface area contributed by atoms with Gasteiger partial charge in [0.15, 0.2) is 0 Å². The number of hydrogen-bond acceptors (Lipinski definition) is 3. The summed E-state index contributed by atoms with van der Waals surface area (Å²) in [5.41, 5.74) is 10.2. The van der Waals surface area contributed by atoms with Crippen LogP contribution >= 0.6 is 0 Å². The summed E-state index contributed by atoms with van der Waals surface area (Å²) in [6.07, 6.45) is 2.70. The first-order valence-electron chi connectivity index (χ1n) is 4.88. The standard InChI is InChI=1S/C10H14N4O/c1-6-4-8(6)9-3-2-7(15-9)5-13-14-10(11)12/h2-3,5-6,8H,4H2,1H3,(H4,11,12,14)/b13-5-/t6-,8+/m1/s1. The van der Waals surface area contributed by atoms with Gasteiger partial charge in [-0.15, -0.1) is 5.10 Å². The molecule has 1 aromatic heterocycles. The lowest BCUT2D eigenvalue weighted by Crippen LogP contribution is -2.21. The Morgan fingerprint density at radius 3 is 2.87 bits per heavy atom. The van der Waals surface area contributed by atoms with E-state index in [1.54, 1.807) is 0 Å². The topological polar surface area (TPSA) is 89.9 Å². The van der Waals surface area contributed by atoms with Crippen molar-refractivity contribution in [3.8, 4) is 0 Å². The quantitative estimate of drug-likeness (QED) is 0.439. The zero-order valence-electron chi connectivity index (χ0n) is 8.55. The summed E-state index contributed by atoms with van der Waals surface area (Å²) in [6, 6.07) is 3.84. The molecule has 0 amide bonds. The van der Waals surface area contributed by atoms with E-state index in [0.29, 0.717) is 11.7 Å². The first-order chi connectivity index (χ1) is 7.16. The Hall–Kier alpha value is -1.78. The fraction of sp³-hybridized carbons (Fsp3) is 0.400. The molecule has 0 radical (unpaired) electrons. The largest absolute Gasteiger partial charge is 0.460 e. The highest BCUT2D eigenvalue weighted by atomic mass is 16.3. The van der Waals surface area contributed by atoms with E-state index in [0.717, 1.165) is 11.7 Å². The minimum atomic E-state index is -0.0613. The monoisotopic (exact) mass is 206 g/mol. The van der Waals surface area contributed by atoms with E-state index in [4.69, 9.17) is 15.9 Å². The van der Waals surface area contributed by atoms with Gasteiger partial charge in [0.2, 0.25) is 5.96 Å². The summed E-state index contributed by atoms with van der Waals surface area (Å²) in [7, 11) is 0. The summed E-state index contributed by atoms with van der Waals surface area (Å²) < 4.78 is 5.56. The first-order valence-corrected chi connectivity index (χ1v) is 4.88. The van der Waals surface area contributed by atoms with Gasteiger partial charge in [-0.3, -0.25) is 0 Å². The molecule has 1 aliphatic carbocycles. The van der Waals surface area contributed by atoms with E-state index in [1.165, 1.54) is 12.6 Å². The molecule has 1 aliphatic rings. The number of furan rings is 1. The van der Waals surface area contributed by atoms with Gasteiger partial charge in [-0.25, -0.2) is 0 Å². The zero-order valence-corrected chi connectivity index (χ0v) is 8.55. The van der Waals surface area contributed by atoms with Crippen LogP contribution in [0.2, 0.25) is 0 Å². The summed E-state index contributed by atoms with van der Waals surface area (Å²) in [4.78, 5) is 0. The van der Waals surface area contributed by atoms with Crippen LogP contribution in [0.4, 0.5) is 0 Å². The Kier molecular flexibility index (Phi) is 2.45. The molecule has 1 aromatic rings. The Labute approximate surface area is 87.9 Å². The van der Waals surface area contributed by atoms with E-state index in [-0.39, 0.29) is 5.96 Å². The normalized spacial score (nSPS) is 24.3. The average molecular weight is 206 g/mol. The van der Waals surface area contributed by atoms with Crippen molar-refractivity contribution in [2.45, 2.75) is 19.3 Å². The van der Waals surface area contributed by atoms with Gasteiger partial charge in [-0.1, -0.05) is 6.92 Å².